The monoisotopic (exact) mass is 174 g/mol. The molecule has 0 N–H and O–H groups in total. The number of carbonyl (C=O) groups is 1. The van der Waals surface area contributed by atoms with Crippen LogP contribution in [0.2, 0.25) is 0 Å². The second-order valence-electron chi connectivity index (χ2n) is 4.50. The van der Waals surface area contributed by atoms with E-state index < -0.39 is 0 Å². The zero-order valence-corrected chi connectivity index (χ0v) is 8.72. The van der Waals surface area contributed by atoms with Crippen LogP contribution in [-0.2, 0) is 5.41 Å². The topological polar surface area (TPSA) is 17.1 Å². The Hall–Kier alpha value is -1.05. The van der Waals surface area contributed by atoms with Crippen LogP contribution in [0.1, 0.15) is 36.7 Å². The van der Waals surface area contributed by atoms with Crippen LogP contribution in [0.4, 0.5) is 0 Å². The Morgan fingerprint density at radius 3 is 2.31 bits per heavy atom. The van der Waals surface area contributed by atoms with Gasteiger partial charge in [0.1, 0.15) is 14.1 Å². The molecule has 0 bridgehead atoms. The molecule has 13 heavy (non-hydrogen) atoms. The van der Waals surface area contributed by atoms with Gasteiger partial charge in [-0.15, -0.1) is 0 Å². The standard InChI is InChI=1S/C11H15BO/c1-11(2,3)9-4-8(7-13)5-10(12)6-9/h4-7H,12H2,1-3H3. The van der Waals surface area contributed by atoms with Crippen molar-refractivity contribution in [3.63, 3.8) is 0 Å². The van der Waals surface area contributed by atoms with Crippen molar-refractivity contribution in [2.45, 2.75) is 26.2 Å². The maximum atomic E-state index is 10.6. The van der Waals surface area contributed by atoms with Crippen LogP contribution in [0.3, 0.4) is 0 Å². The Kier molecular flexibility index (Phi) is 2.60. The van der Waals surface area contributed by atoms with Gasteiger partial charge in [-0.2, -0.15) is 0 Å². The van der Waals surface area contributed by atoms with E-state index in [0.717, 1.165) is 17.3 Å². The average molecular weight is 174 g/mol. The normalized spacial score (nSPS) is 11.3. The van der Waals surface area contributed by atoms with E-state index in [1.807, 2.05) is 20.0 Å². The van der Waals surface area contributed by atoms with Crippen LogP contribution in [0.25, 0.3) is 0 Å². The van der Waals surface area contributed by atoms with Crippen molar-refractivity contribution < 1.29 is 4.79 Å². The molecule has 0 aromatic heterocycles. The molecule has 0 amide bonds. The molecule has 68 valence electrons. The Bertz CT molecular complexity index is 323. The van der Waals surface area contributed by atoms with Crippen LogP contribution in [0.15, 0.2) is 18.2 Å². The molecule has 1 nitrogen and oxygen atoms in total. The van der Waals surface area contributed by atoms with Crippen LogP contribution in [0.5, 0.6) is 0 Å². The summed E-state index contributed by atoms with van der Waals surface area (Å²) in [7, 11) is 2.02. The Morgan fingerprint density at radius 1 is 1.23 bits per heavy atom. The van der Waals surface area contributed by atoms with Crippen LogP contribution in [-0.4, -0.2) is 14.1 Å². The Labute approximate surface area is 80.6 Å². The van der Waals surface area contributed by atoms with Crippen molar-refractivity contribution in [1.82, 2.24) is 0 Å². The van der Waals surface area contributed by atoms with Gasteiger partial charge in [0.05, 0.1) is 0 Å². The second kappa shape index (κ2) is 3.37. The predicted molar refractivity (Wildman–Crippen MR) is 58.7 cm³/mol. The number of rotatable bonds is 1. The summed E-state index contributed by atoms with van der Waals surface area (Å²) in [6.45, 7) is 6.45. The number of aldehydes is 1. The van der Waals surface area contributed by atoms with Gasteiger partial charge in [0.25, 0.3) is 0 Å². The van der Waals surface area contributed by atoms with Gasteiger partial charge in [0.15, 0.2) is 0 Å². The first kappa shape index (κ1) is 10.0. The highest BCUT2D eigenvalue weighted by molar-refractivity contribution is 6.32. The first-order chi connectivity index (χ1) is 5.93. The second-order valence-corrected chi connectivity index (χ2v) is 4.50. The molecular formula is C11H15BO. The first-order valence-electron chi connectivity index (χ1n) is 4.51. The van der Waals surface area contributed by atoms with E-state index in [0.29, 0.717) is 0 Å². The summed E-state index contributed by atoms with van der Waals surface area (Å²) in [5, 5.41) is 0. The molecule has 0 radical (unpaired) electrons. The average Bonchev–Trinajstić information content (AvgIpc) is 2.01. The van der Waals surface area contributed by atoms with E-state index in [9.17, 15) is 4.79 Å². The molecule has 0 aliphatic rings. The van der Waals surface area contributed by atoms with E-state index >= 15 is 0 Å². The van der Waals surface area contributed by atoms with Gasteiger partial charge < -0.3 is 0 Å². The molecule has 1 rings (SSSR count). The SMILES string of the molecule is Bc1cc(C=O)cc(C(C)(C)C)c1. The molecule has 0 saturated heterocycles. The molecule has 1 aromatic rings. The van der Waals surface area contributed by atoms with E-state index in [4.69, 9.17) is 0 Å². The summed E-state index contributed by atoms with van der Waals surface area (Å²) < 4.78 is 0. The quantitative estimate of drug-likeness (QED) is 0.459. The summed E-state index contributed by atoms with van der Waals surface area (Å²) in [4.78, 5) is 10.6. The predicted octanol–water partition coefficient (Wildman–Crippen LogP) is 1.05. The molecule has 1 aromatic carbocycles. The summed E-state index contributed by atoms with van der Waals surface area (Å²) >= 11 is 0. The highest BCUT2D eigenvalue weighted by Gasteiger charge is 2.14. The largest absolute Gasteiger partial charge is 0.298 e. The first-order valence-corrected chi connectivity index (χ1v) is 4.51. The number of hydrogen-bond acceptors (Lipinski definition) is 1. The third kappa shape index (κ3) is 2.45. The smallest absolute Gasteiger partial charge is 0.150 e. The van der Waals surface area contributed by atoms with Gasteiger partial charge >= 0.3 is 0 Å². The van der Waals surface area contributed by atoms with E-state index in [-0.39, 0.29) is 5.41 Å². The summed E-state index contributed by atoms with van der Waals surface area (Å²) in [6.07, 6.45) is 0.905. The Balaban J connectivity index is 3.24. The molecule has 0 fully saturated rings. The van der Waals surface area contributed by atoms with Crippen molar-refractivity contribution in [3.8, 4) is 0 Å². The van der Waals surface area contributed by atoms with Gasteiger partial charge in [0, 0.05) is 5.56 Å². The van der Waals surface area contributed by atoms with Gasteiger partial charge in [-0.3, -0.25) is 4.79 Å². The van der Waals surface area contributed by atoms with Crippen LogP contribution in [0, 0.1) is 0 Å². The van der Waals surface area contributed by atoms with Crippen molar-refractivity contribution in [1.29, 1.82) is 0 Å². The fraction of sp³-hybridized carbons (Fsp3) is 0.364. The molecule has 0 aliphatic carbocycles. The van der Waals surface area contributed by atoms with Crippen molar-refractivity contribution in [2.24, 2.45) is 0 Å². The van der Waals surface area contributed by atoms with E-state index in [1.165, 1.54) is 5.56 Å². The Morgan fingerprint density at radius 2 is 1.85 bits per heavy atom. The van der Waals surface area contributed by atoms with Gasteiger partial charge in [-0.25, -0.2) is 0 Å². The van der Waals surface area contributed by atoms with E-state index in [2.05, 4.69) is 26.8 Å². The molecule has 0 unspecified atom stereocenters. The lowest BCUT2D eigenvalue weighted by Gasteiger charge is -2.20. The van der Waals surface area contributed by atoms with Crippen molar-refractivity contribution in [2.75, 3.05) is 0 Å². The third-order valence-corrected chi connectivity index (χ3v) is 2.10. The highest BCUT2D eigenvalue weighted by Crippen LogP contribution is 2.21. The molecule has 0 saturated carbocycles. The number of hydrogen-bond donors (Lipinski definition) is 0. The number of carbonyl (C=O) groups excluding carboxylic acids is 1. The lowest BCUT2D eigenvalue weighted by atomic mass is 9.82. The zero-order chi connectivity index (χ0) is 10.1. The third-order valence-electron chi connectivity index (χ3n) is 2.10. The van der Waals surface area contributed by atoms with Gasteiger partial charge in [-0.05, 0) is 17.0 Å². The minimum absolute atomic E-state index is 0.115. The van der Waals surface area contributed by atoms with Crippen LogP contribution >= 0.6 is 0 Å². The molecule has 0 aliphatic heterocycles. The maximum Gasteiger partial charge on any atom is 0.150 e. The lowest BCUT2D eigenvalue weighted by Crippen LogP contribution is -2.16. The summed E-state index contributed by atoms with van der Waals surface area (Å²) in [5.41, 5.74) is 3.25. The summed E-state index contributed by atoms with van der Waals surface area (Å²) in [6, 6.07) is 6.00. The van der Waals surface area contributed by atoms with Crippen LogP contribution < -0.4 is 5.46 Å². The fourth-order valence-electron chi connectivity index (χ4n) is 1.31. The zero-order valence-electron chi connectivity index (χ0n) is 8.72. The highest BCUT2D eigenvalue weighted by atomic mass is 16.1. The maximum absolute atomic E-state index is 10.6. The summed E-state index contributed by atoms with van der Waals surface area (Å²) in [5.74, 6) is 0. The number of benzene rings is 1. The molecule has 2 heteroatoms. The van der Waals surface area contributed by atoms with Gasteiger partial charge in [0.2, 0.25) is 0 Å². The molecular weight excluding hydrogens is 159 g/mol. The molecule has 0 atom stereocenters. The van der Waals surface area contributed by atoms with Crippen molar-refractivity contribution >= 4 is 19.6 Å². The molecule has 0 heterocycles. The minimum Gasteiger partial charge on any atom is -0.298 e. The minimum atomic E-state index is 0.115. The lowest BCUT2D eigenvalue weighted by molar-refractivity contribution is 0.112. The van der Waals surface area contributed by atoms with E-state index in [1.54, 1.807) is 0 Å². The molecule has 0 spiro atoms. The van der Waals surface area contributed by atoms with Crippen molar-refractivity contribution in [3.05, 3.63) is 29.3 Å². The fourth-order valence-corrected chi connectivity index (χ4v) is 1.31. The van der Waals surface area contributed by atoms with Gasteiger partial charge in [-0.1, -0.05) is 38.4 Å².